The zero-order valence-electron chi connectivity index (χ0n) is 12.9. The lowest BCUT2D eigenvalue weighted by Gasteiger charge is -2.19. The van der Waals surface area contributed by atoms with Crippen molar-refractivity contribution in [2.75, 3.05) is 27.4 Å². The standard InChI is InChI=1S/C15H21NO6/c1-4-22-9-14(17)16-11(8-15(18)19)10-5-6-12(20-2)13(7-10)21-3/h5-7,11H,4,8-9H2,1-3H3,(H,16,17)(H,18,19)/t11-/m0/s1. The molecule has 0 aliphatic carbocycles. The molecule has 0 spiro atoms. The van der Waals surface area contributed by atoms with Gasteiger partial charge in [-0.1, -0.05) is 6.07 Å². The summed E-state index contributed by atoms with van der Waals surface area (Å²) >= 11 is 0. The van der Waals surface area contributed by atoms with Crippen molar-refractivity contribution >= 4 is 11.9 Å². The van der Waals surface area contributed by atoms with E-state index < -0.39 is 12.0 Å². The maximum Gasteiger partial charge on any atom is 0.305 e. The Morgan fingerprint density at radius 1 is 1.23 bits per heavy atom. The van der Waals surface area contributed by atoms with Crippen molar-refractivity contribution in [3.05, 3.63) is 23.8 Å². The van der Waals surface area contributed by atoms with Gasteiger partial charge >= 0.3 is 5.97 Å². The lowest BCUT2D eigenvalue weighted by molar-refractivity contribution is -0.138. The van der Waals surface area contributed by atoms with Gasteiger partial charge in [0.15, 0.2) is 11.5 Å². The summed E-state index contributed by atoms with van der Waals surface area (Å²) in [6.45, 7) is 2.07. The van der Waals surface area contributed by atoms with Crippen molar-refractivity contribution in [1.29, 1.82) is 0 Å². The molecule has 0 aromatic heterocycles. The van der Waals surface area contributed by atoms with Crippen molar-refractivity contribution in [3.8, 4) is 11.5 Å². The summed E-state index contributed by atoms with van der Waals surface area (Å²) in [6.07, 6.45) is -0.243. The van der Waals surface area contributed by atoms with E-state index in [0.717, 1.165) is 0 Å². The van der Waals surface area contributed by atoms with Gasteiger partial charge in [-0.05, 0) is 24.6 Å². The van der Waals surface area contributed by atoms with Crippen LogP contribution in [-0.2, 0) is 14.3 Å². The Labute approximate surface area is 129 Å². The molecule has 7 nitrogen and oxygen atoms in total. The van der Waals surface area contributed by atoms with E-state index in [1.165, 1.54) is 14.2 Å². The summed E-state index contributed by atoms with van der Waals surface area (Å²) in [5.41, 5.74) is 0.616. The highest BCUT2D eigenvalue weighted by atomic mass is 16.5. The summed E-state index contributed by atoms with van der Waals surface area (Å²) in [5.74, 6) is -0.394. The smallest absolute Gasteiger partial charge is 0.305 e. The van der Waals surface area contributed by atoms with E-state index >= 15 is 0 Å². The number of benzene rings is 1. The van der Waals surface area contributed by atoms with E-state index in [2.05, 4.69) is 5.32 Å². The Kier molecular flexibility index (Phi) is 7.18. The molecule has 1 aromatic rings. The number of nitrogens with one attached hydrogen (secondary N) is 1. The lowest BCUT2D eigenvalue weighted by atomic mass is 10.0. The first-order valence-electron chi connectivity index (χ1n) is 6.82. The predicted octanol–water partition coefficient (Wildman–Crippen LogP) is 1.37. The molecular weight excluding hydrogens is 290 g/mol. The molecule has 0 aliphatic rings. The number of hydrogen-bond donors (Lipinski definition) is 2. The van der Waals surface area contributed by atoms with Crippen LogP contribution in [0.2, 0.25) is 0 Å². The number of carbonyl (C=O) groups is 2. The fourth-order valence-corrected chi connectivity index (χ4v) is 1.93. The molecule has 0 fully saturated rings. The van der Waals surface area contributed by atoms with Gasteiger partial charge in [-0.2, -0.15) is 0 Å². The van der Waals surface area contributed by atoms with Crippen LogP contribution in [0.5, 0.6) is 11.5 Å². The van der Waals surface area contributed by atoms with Gasteiger partial charge in [0, 0.05) is 6.61 Å². The van der Waals surface area contributed by atoms with Crippen molar-refractivity contribution < 1.29 is 28.9 Å². The zero-order valence-corrected chi connectivity index (χ0v) is 12.9. The first-order chi connectivity index (χ1) is 10.5. The molecule has 0 unspecified atom stereocenters. The Hall–Kier alpha value is -2.28. The minimum absolute atomic E-state index is 0.111. The molecule has 0 saturated carbocycles. The van der Waals surface area contributed by atoms with Gasteiger partial charge in [0.25, 0.3) is 0 Å². The van der Waals surface area contributed by atoms with Crippen molar-refractivity contribution in [1.82, 2.24) is 5.32 Å². The van der Waals surface area contributed by atoms with Gasteiger partial charge < -0.3 is 24.6 Å². The van der Waals surface area contributed by atoms with Gasteiger partial charge in [-0.25, -0.2) is 0 Å². The summed E-state index contributed by atoms with van der Waals surface area (Å²) in [7, 11) is 3.00. The molecule has 22 heavy (non-hydrogen) atoms. The van der Waals surface area contributed by atoms with E-state index in [0.29, 0.717) is 23.7 Å². The quantitative estimate of drug-likeness (QED) is 0.715. The number of carboxylic acids is 1. The SMILES string of the molecule is CCOCC(=O)N[C@@H](CC(=O)O)c1ccc(OC)c(OC)c1. The fourth-order valence-electron chi connectivity index (χ4n) is 1.93. The minimum atomic E-state index is -1.02. The zero-order chi connectivity index (χ0) is 16.5. The number of hydrogen-bond acceptors (Lipinski definition) is 5. The van der Waals surface area contributed by atoms with Crippen LogP contribution in [0.25, 0.3) is 0 Å². The van der Waals surface area contributed by atoms with E-state index in [1.54, 1.807) is 25.1 Å². The second-order valence-electron chi connectivity index (χ2n) is 4.47. The van der Waals surface area contributed by atoms with E-state index in [9.17, 15) is 9.59 Å². The third-order valence-electron chi connectivity index (χ3n) is 2.96. The molecule has 0 bridgehead atoms. The molecule has 0 aliphatic heterocycles. The highest BCUT2D eigenvalue weighted by Gasteiger charge is 2.19. The van der Waals surface area contributed by atoms with Gasteiger partial charge in [0.1, 0.15) is 6.61 Å². The average molecular weight is 311 g/mol. The van der Waals surface area contributed by atoms with Crippen LogP contribution in [0, 0.1) is 0 Å². The van der Waals surface area contributed by atoms with Gasteiger partial charge in [-0.3, -0.25) is 9.59 Å². The van der Waals surface area contributed by atoms with Crippen LogP contribution < -0.4 is 14.8 Å². The minimum Gasteiger partial charge on any atom is -0.493 e. The summed E-state index contributed by atoms with van der Waals surface area (Å²) in [4.78, 5) is 22.8. The van der Waals surface area contributed by atoms with Gasteiger partial charge in [-0.15, -0.1) is 0 Å². The number of ether oxygens (including phenoxy) is 3. The molecular formula is C15H21NO6. The van der Waals surface area contributed by atoms with Crippen molar-refractivity contribution in [2.24, 2.45) is 0 Å². The number of amides is 1. The number of rotatable bonds is 9. The summed E-state index contributed by atoms with van der Waals surface area (Å²) < 4.78 is 15.3. The van der Waals surface area contributed by atoms with Crippen LogP contribution in [-0.4, -0.2) is 44.4 Å². The van der Waals surface area contributed by atoms with Crippen molar-refractivity contribution in [2.45, 2.75) is 19.4 Å². The molecule has 0 heterocycles. The summed E-state index contributed by atoms with van der Waals surface area (Å²) in [6, 6.07) is 4.33. The Morgan fingerprint density at radius 3 is 2.45 bits per heavy atom. The van der Waals surface area contributed by atoms with E-state index in [-0.39, 0.29) is 18.9 Å². The van der Waals surface area contributed by atoms with E-state index in [1.807, 2.05) is 0 Å². The second-order valence-corrected chi connectivity index (χ2v) is 4.47. The number of methoxy groups -OCH3 is 2. The monoisotopic (exact) mass is 311 g/mol. The number of carboxylic acid groups (broad SMARTS) is 1. The first kappa shape index (κ1) is 17.8. The first-order valence-corrected chi connectivity index (χ1v) is 6.82. The fraction of sp³-hybridized carbons (Fsp3) is 0.467. The highest BCUT2D eigenvalue weighted by molar-refractivity contribution is 5.79. The van der Waals surface area contributed by atoms with Crippen LogP contribution >= 0.6 is 0 Å². The lowest BCUT2D eigenvalue weighted by Crippen LogP contribution is -2.33. The average Bonchev–Trinajstić information content (AvgIpc) is 2.51. The third-order valence-corrected chi connectivity index (χ3v) is 2.96. The number of aliphatic carboxylic acids is 1. The number of carbonyl (C=O) groups excluding carboxylic acids is 1. The molecule has 1 atom stereocenters. The van der Waals surface area contributed by atoms with Gasteiger partial charge in [0.05, 0.1) is 26.7 Å². The molecule has 1 amide bonds. The van der Waals surface area contributed by atoms with Crippen LogP contribution in [0.3, 0.4) is 0 Å². The predicted molar refractivity (Wildman–Crippen MR) is 79.2 cm³/mol. The van der Waals surface area contributed by atoms with Crippen LogP contribution in [0.4, 0.5) is 0 Å². The Morgan fingerprint density at radius 2 is 1.91 bits per heavy atom. The summed E-state index contributed by atoms with van der Waals surface area (Å²) in [5, 5.41) is 11.7. The maximum absolute atomic E-state index is 11.8. The largest absolute Gasteiger partial charge is 0.493 e. The maximum atomic E-state index is 11.8. The van der Waals surface area contributed by atoms with Crippen molar-refractivity contribution in [3.63, 3.8) is 0 Å². The van der Waals surface area contributed by atoms with Crippen LogP contribution in [0.1, 0.15) is 24.9 Å². The molecule has 0 radical (unpaired) electrons. The van der Waals surface area contributed by atoms with Gasteiger partial charge in [0.2, 0.25) is 5.91 Å². The molecule has 1 aromatic carbocycles. The molecule has 122 valence electrons. The molecule has 2 N–H and O–H groups in total. The molecule has 7 heteroatoms. The molecule has 1 rings (SSSR count). The van der Waals surface area contributed by atoms with E-state index in [4.69, 9.17) is 19.3 Å². The normalized spacial score (nSPS) is 11.6. The Bertz CT molecular complexity index is 517. The topological polar surface area (TPSA) is 94.1 Å². The molecule has 0 saturated heterocycles. The Balaban J connectivity index is 2.95. The van der Waals surface area contributed by atoms with Crippen LogP contribution in [0.15, 0.2) is 18.2 Å². The second kappa shape index (κ2) is 8.89. The third kappa shape index (κ3) is 5.25. The highest BCUT2D eigenvalue weighted by Crippen LogP contribution is 2.30.